The minimum absolute atomic E-state index is 0.338. The molecule has 4 aromatic carbocycles. The average molecular weight is 436 g/mol. The molecule has 5 rings (SSSR count). The van der Waals surface area contributed by atoms with E-state index in [9.17, 15) is 9.59 Å². The van der Waals surface area contributed by atoms with Gasteiger partial charge in [0.15, 0.2) is 11.7 Å². The van der Waals surface area contributed by atoms with Crippen molar-refractivity contribution in [3.63, 3.8) is 0 Å². The van der Waals surface area contributed by atoms with E-state index in [1.54, 1.807) is 31.2 Å². The molecule has 162 valence electrons. The van der Waals surface area contributed by atoms with Gasteiger partial charge in [-0.25, -0.2) is 9.78 Å². The number of nitrogens with zero attached hydrogens (tertiary/aromatic N) is 1. The summed E-state index contributed by atoms with van der Waals surface area (Å²) >= 11 is 0. The molecule has 5 aromatic rings. The Labute approximate surface area is 189 Å². The maximum absolute atomic E-state index is 13.1. The zero-order valence-electron chi connectivity index (χ0n) is 17.8. The normalized spacial score (nSPS) is 11.9. The Morgan fingerprint density at radius 2 is 1.61 bits per heavy atom. The van der Waals surface area contributed by atoms with Crippen LogP contribution in [0.25, 0.3) is 33.3 Å². The van der Waals surface area contributed by atoms with Crippen molar-refractivity contribution < 1.29 is 18.7 Å². The molecule has 0 radical (unpaired) electrons. The molecule has 0 bridgehead atoms. The number of hydrogen-bond donors (Lipinski definition) is 1. The van der Waals surface area contributed by atoms with E-state index in [4.69, 9.17) is 9.15 Å². The average Bonchev–Trinajstić information content (AvgIpc) is 3.28. The highest BCUT2D eigenvalue weighted by Crippen LogP contribution is 2.33. The second-order valence-corrected chi connectivity index (χ2v) is 7.60. The van der Waals surface area contributed by atoms with E-state index in [-0.39, 0.29) is 0 Å². The summed E-state index contributed by atoms with van der Waals surface area (Å²) in [5.41, 5.74) is 3.04. The van der Waals surface area contributed by atoms with Crippen LogP contribution < -0.4 is 5.32 Å². The van der Waals surface area contributed by atoms with Gasteiger partial charge in [-0.2, -0.15) is 0 Å². The number of anilines is 1. The van der Waals surface area contributed by atoms with Crippen LogP contribution in [0, 0.1) is 0 Å². The number of nitrogens with one attached hydrogen (secondary N) is 1. The number of ether oxygens (including phenoxy) is 1. The van der Waals surface area contributed by atoms with Gasteiger partial charge < -0.3 is 14.5 Å². The maximum Gasteiger partial charge on any atom is 0.339 e. The van der Waals surface area contributed by atoms with E-state index < -0.39 is 18.0 Å². The lowest BCUT2D eigenvalue weighted by Crippen LogP contribution is -2.30. The molecule has 0 aliphatic rings. The van der Waals surface area contributed by atoms with Gasteiger partial charge in [0.2, 0.25) is 5.89 Å². The highest BCUT2D eigenvalue weighted by atomic mass is 16.5. The van der Waals surface area contributed by atoms with Crippen LogP contribution in [0.4, 0.5) is 5.69 Å². The van der Waals surface area contributed by atoms with E-state index >= 15 is 0 Å². The van der Waals surface area contributed by atoms with Gasteiger partial charge >= 0.3 is 5.97 Å². The largest absolute Gasteiger partial charge is 0.449 e. The first kappa shape index (κ1) is 20.5. The first-order valence-corrected chi connectivity index (χ1v) is 10.5. The molecule has 0 spiro atoms. The molecule has 33 heavy (non-hydrogen) atoms. The second-order valence-electron chi connectivity index (χ2n) is 7.60. The van der Waals surface area contributed by atoms with Gasteiger partial charge in [-0.3, -0.25) is 4.79 Å². The maximum atomic E-state index is 13.1. The molecule has 1 aromatic heterocycles. The highest BCUT2D eigenvalue weighted by molar-refractivity contribution is 6.10. The van der Waals surface area contributed by atoms with Crippen LogP contribution in [0.15, 0.2) is 95.4 Å². The minimum atomic E-state index is -0.982. The quantitative estimate of drug-likeness (QED) is 0.351. The molecule has 1 atom stereocenters. The van der Waals surface area contributed by atoms with Crippen molar-refractivity contribution in [2.75, 3.05) is 5.32 Å². The highest BCUT2D eigenvalue weighted by Gasteiger charge is 2.22. The third-order valence-corrected chi connectivity index (χ3v) is 5.34. The monoisotopic (exact) mass is 436 g/mol. The van der Waals surface area contributed by atoms with Crippen molar-refractivity contribution in [2.24, 2.45) is 0 Å². The van der Waals surface area contributed by atoms with Crippen molar-refractivity contribution in [3.05, 3.63) is 96.6 Å². The Hall–Kier alpha value is -4.45. The smallest absolute Gasteiger partial charge is 0.339 e. The van der Waals surface area contributed by atoms with Crippen molar-refractivity contribution in [1.29, 1.82) is 0 Å². The van der Waals surface area contributed by atoms with Gasteiger partial charge in [0.1, 0.15) is 5.52 Å². The lowest BCUT2D eigenvalue weighted by molar-refractivity contribution is -0.123. The van der Waals surface area contributed by atoms with Gasteiger partial charge in [-0.1, -0.05) is 54.6 Å². The van der Waals surface area contributed by atoms with E-state index in [1.165, 1.54) is 0 Å². The van der Waals surface area contributed by atoms with E-state index in [0.717, 1.165) is 10.9 Å². The zero-order chi connectivity index (χ0) is 22.8. The van der Waals surface area contributed by atoms with Crippen LogP contribution in [0.1, 0.15) is 17.3 Å². The molecule has 1 heterocycles. The Balaban J connectivity index is 1.48. The number of fused-ring (bicyclic) bond motifs is 2. The summed E-state index contributed by atoms with van der Waals surface area (Å²) < 4.78 is 11.5. The number of oxazole rings is 1. The second kappa shape index (κ2) is 8.59. The van der Waals surface area contributed by atoms with Crippen molar-refractivity contribution in [1.82, 2.24) is 4.98 Å². The number of carbonyl (C=O) groups is 2. The number of esters is 1. The Kier molecular flexibility index (Phi) is 5.32. The lowest BCUT2D eigenvalue weighted by atomic mass is 9.99. The lowest BCUT2D eigenvalue weighted by Gasteiger charge is -2.15. The van der Waals surface area contributed by atoms with Crippen LogP contribution in [0.2, 0.25) is 0 Å². The molecule has 0 aliphatic carbocycles. The van der Waals surface area contributed by atoms with Crippen molar-refractivity contribution >= 4 is 39.4 Å². The summed E-state index contributed by atoms with van der Waals surface area (Å²) in [6.45, 7) is 1.54. The predicted molar refractivity (Wildman–Crippen MR) is 127 cm³/mol. The fraction of sp³-hybridized carbons (Fsp3) is 0.0741. The molecule has 1 unspecified atom stereocenters. The van der Waals surface area contributed by atoms with Crippen LogP contribution in [-0.2, 0) is 9.53 Å². The summed E-state index contributed by atoms with van der Waals surface area (Å²) in [6.07, 6.45) is -0.982. The molecule has 0 saturated heterocycles. The van der Waals surface area contributed by atoms with E-state index in [1.807, 2.05) is 66.7 Å². The van der Waals surface area contributed by atoms with Crippen LogP contribution in [0.3, 0.4) is 0 Å². The van der Waals surface area contributed by atoms with Crippen LogP contribution in [0.5, 0.6) is 0 Å². The molecule has 1 amide bonds. The molecule has 0 saturated carbocycles. The standard InChI is InChI=1S/C27H20N2O4/c1-17(25(30)28-19-11-3-2-4-12-19)32-27(31)21-14-8-10-18-9-7-13-20(24(18)21)26-29-22-15-5-6-16-23(22)33-26/h2-17H,1H3,(H,28,30). The predicted octanol–water partition coefficient (Wildman–Crippen LogP) is 5.83. The van der Waals surface area contributed by atoms with Gasteiger partial charge in [-0.05, 0) is 48.7 Å². The van der Waals surface area contributed by atoms with E-state index in [2.05, 4.69) is 10.3 Å². The molecular weight excluding hydrogens is 416 g/mol. The Morgan fingerprint density at radius 1 is 0.879 bits per heavy atom. The molecule has 6 heteroatoms. The topological polar surface area (TPSA) is 81.4 Å². The first-order valence-electron chi connectivity index (χ1n) is 10.5. The Morgan fingerprint density at radius 3 is 2.39 bits per heavy atom. The van der Waals surface area contributed by atoms with E-state index in [0.29, 0.717) is 33.7 Å². The summed E-state index contributed by atoms with van der Waals surface area (Å²) in [5.74, 6) is -0.592. The van der Waals surface area contributed by atoms with Gasteiger partial charge in [0.05, 0.1) is 5.56 Å². The fourth-order valence-corrected chi connectivity index (χ4v) is 3.72. The molecule has 1 N–H and O–H groups in total. The third-order valence-electron chi connectivity index (χ3n) is 5.34. The minimum Gasteiger partial charge on any atom is -0.449 e. The number of amides is 1. The summed E-state index contributed by atoms with van der Waals surface area (Å²) in [5, 5.41) is 4.24. The molecule has 0 fully saturated rings. The summed E-state index contributed by atoms with van der Waals surface area (Å²) in [4.78, 5) is 30.2. The SMILES string of the molecule is CC(OC(=O)c1cccc2cccc(-c3nc4ccccc4o3)c12)C(=O)Nc1ccccc1. The fourth-order valence-electron chi connectivity index (χ4n) is 3.72. The third kappa shape index (κ3) is 4.06. The molecular formula is C27H20N2O4. The molecule has 6 nitrogen and oxygen atoms in total. The van der Waals surface area contributed by atoms with Gasteiger partial charge in [-0.15, -0.1) is 0 Å². The van der Waals surface area contributed by atoms with Crippen molar-refractivity contribution in [3.8, 4) is 11.5 Å². The number of benzene rings is 4. The first-order chi connectivity index (χ1) is 16.1. The summed E-state index contributed by atoms with van der Waals surface area (Å²) in [6, 6.07) is 27.5. The number of rotatable bonds is 5. The Bertz CT molecular complexity index is 1440. The number of para-hydroxylation sites is 3. The summed E-state index contributed by atoms with van der Waals surface area (Å²) in [7, 11) is 0. The number of carbonyl (C=O) groups excluding carboxylic acids is 2. The van der Waals surface area contributed by atoms with Crippen molar-refractivity contribution in [2.45, 2.75) is 13.0 Å². The van der Waals surface area contributed by atoms with Crippen LogP contribution >= 0.6 is 0 Å². The van der Waals surface area contributed by atoms with Crippen LogP contribution in [-0.4, -0.2) is 23.0 Å². The van der Waals surface area contributed by atoms with Gasteiger partial charge in [0, 0.05) is 16.6 Å². The molecule has 0 aliphatic heterocycles. The van der Waals surface area contributed by atoms with Gasteiger partial charge in [0.25, 0.3) is 5.91 Å². The number of hydrogen-bond acceptors (Lipinski definition) is 5. The zero-order valence-corrected chi connectivity index (χ0v) is 17.8. The number of aromatic nitrogens is 1.